The molecule has 3 N–H and O–H groups in total. The molecular weight excluding hydrogens is 342 g/mol. The monoisotopic (exact) mass is 369 g/mol. The van der Waals surface area contributed by atoms with Crippen LogP contribution < -0.4 is 16.2 Å². The summed E-state index contributed by atoms with van der Waals surface area (Å²) >= 11 is 0. The number of nitrogens with zero attached hydrogens (tertiary/aromatic N) is 3. The molecule has 0 aliphatic carbocycles. The lowest BCUT2D eigenvalue weighted by atomic mass is 10.1. The molecule has 3 rings (SSSR count). The first-order valence-corrected chi connectivity index (χ1v) is 9.23. The summed E-state index contributed by atoms with van der Waals surface area (Å²) in [6.45, 7) is 4.51. The molecule has 0 saturated carbocycles. The van der Waals surface area contributed by atoms with Crippen LogP contribution in [0.5, 0.6) is 0 Å². The van der Waals surface area contributed by atoms with Gasteiger partial charge in [0.15, 0.2) is 0 Å². The van der Waals surface area contributed by atoms with Gasteiger partial charge in [-0.3, -0.25) is 10.4 Å². The molecule has 1 aliphatic rings. The van der Waals surface area contributed by atoms with Crippen LogP contribution in [0.4, 0.5) is 10.5 Å². The SMILES string of the molecule is CN1CCN(c2ccc(CCc3ccc(COC(=O)NN)cc3)nc2)CC1. The van der Waals surface area contributed by atoms with E-state index in [1.807, 2.05) is 23.8 Å². The van der Waals surface area contributed by atoms with E-state index in [1.165, 1.54) is 11.3 Å². The fraction of sp³-hybridized carbons (Fsp3) is 0.400. The van der Waals surface area contributed by atoms with Crippen LogP contribution in [-0.4, -0.2) is 49.2 Å². The molecule has 0 unspecified atom stereocenters. The van der Waals surface area contributed by atoms with Gasteiger partial charge in [-0.2, -0.15) is 0 Å². The lowest BCUT2D eigenvalue weighted by Crippen LogP contribution is -2.44. The fourth-order valence-corrected chi connectivity index (χ4v) is 3.08. The van der Waals surface area contributed by atoms with Crippen LogP contribution in [0, 0.1) is 0 Å². The van der Waals surface area contributed by atoms with Gasteiger partial charge in [0.2, 0.25) is 0 Å². The molecule has 1 amide bonds. The maximum absolute atomic E-state index is 11.0. The molecule has 0 radical (unpaired) electrons. The number of amides is 1. The Balaban J connectivity index is 1.47. The van der Waals surface area contributed by atoms with Crippen molar-refractivity contribution in [3.05, 3.63) is 59.4 Å². The third-order valence-corrected chi connectivity index (χ3v) is 4.86. The largest absolute Gasteiger partial charge is 0.444 e. The topological polar surface area (TPSA) is 83.7 Å². The van der Waals surface area contributed by atoms with Crippen molar-refractivity contribution in [1.82, 2.24) is 15.3 Å². The summed E-state index contributed by atoms with van der Waals surface area (Å²) in [7, 11) is 2.16. The van der Waals surface area contributed by atoms with Crippen molar-refractivity contribution >= 4 is 11.8 Å². The number of likely N-dealkylation sites (N-methyl/N-ethyl adjacent to an activating group) is 1. The number of nitrogens with two attached hydrogens (primary N) is 1. The van der Waals surface area contributed by atoms with Crippen LogP contribution in [0.1, 0.15) is 16.8 Å². The van der Waals surface area contributed by atoms with E-state index in [2.05, 4.69) is 46.1 Å². The van der Waals surface area contributed by atoms with Crippen molar-refractivity contribution in [2.75, 3.05) is 38.1 Å². The molecule has 2 aromatic rings. The van der Waals surface area contributed by atoms with E-state index >= 15 is 0 Å². The Hall–Kier alpha value is -2.64. The number of aromatic nitrogens is 1. The van der Waals surface area contributed by atoms with Gasteiger partial charge in [-0.25, -0.2) is 10.6 Å². The number of benzene rings is 1. The van der Waals surface area contributed by atoms with Crippen LogP contribution >= 0.6 is 0 Å². The van der Waals surface area contributed by atoms with E-state index < -0.39 is 6.09 Å². The van der Waals surface area contributed by atoms with Gasteiger partial charge in [-0.15, -0.1) is 0 Å². The van der Waals surface area contributed by atoms with Crippen molar-refractivity contribution < 1.29 is 9.53 Å². The Labute approximate surface area is 160 Å². The van der Waals surface area contributed by atoms with E-state index in [9.17, 15) is 4.79 Å². The van der Waals surface area contributed by atoms with Gasteiger partial charge in [0, 0.05) is 31.9 Å². The highest BCUT2D eigenvalue weighted by molar-refractivity contribution is 5.66. The molecule has 1 saturated heterocycles. The predicted octanol–water partition coefficient (Wildman–Crippen LogP) is 1.72. The molecule has 1 fully saturated rings. The summed E-state index contributed by atoms with van der Waals surface area (Å²) in [5.41, 5.74) is 6.40. The second-order valence-corrected chi connectivity index (χ2v) is 6.84. The van der Waals surface area contributed by atoms with Gasteiger partial charge in [-0.05, 0) is 43.1 Å². The molecule has 0 bridgehead atoms. The van der Waals surface area contributed by atoms with Gasteiger partial charge in [0.25, 0.3) is 0 Å². The van der Waals surface area contributed by atoms with E-state index in [4.69, 9.17) is 10.6 Å². The standard InChI is InChI=1S/C20H27N5O2/c1-24-10-12-25(13-11-24)19-9-8-18(22-14-19)7-6-16-2-4-17(5-3-16)15-27-20(26)23-21/h2-5,8-9,14H,6-7,10-13,15,21H2,1H3,(H,23,26). The normalized spacial score (nSPS) is 14.8. The molecule has 1 aromatic heterocycles. The van der Waals surface area contributed by atoms with E-state index in [0.29, 0.717) is 0 Å². The first-order chi connectivity index (χ1) is 13.1. The minimum Gasteiger partial charge on any atom is -0.444 e. The first kappa shape index (κ1) is 19.1. The average Bonchev–Trinajstić information content (AvgIpc) is 2.72. The molecule has 2 heterocycles. The Morgan fingerprint density at radius 2 is 1.78 bits per heavy atom. The lowest BCUT2D eigenvalue weighted by Gasteiger charge is -2.33. The fourth-order valence-electron chi connectivity index (χ4n) is 3.08. The van der Waals surface area contributed by atoms with Gasteiger partial charge in [0.1, 0.15) is 6.61 Å². The van der Waals surface area contributed by atoms with E-state index in [0.717, 1.165) is 50.3 Å². The van der Waals surface area contributed by atoms with Gasteiger partial charge in [0.05, 0.1) is 11.9 Å². The van der Waals surface area contributed by atoms with E-state index in [-0.39, 0.29) is 6.61 Å². The van der Waals surface area contributed by atoms with Crippen molar-refractivity contribution in [1.29, 1.82) is 0 Å². The molecule has 7 heteroatoms. The number of rotatable bonds is 6. The van der Waals surface area contributed by atoms with Gasteiger partial charge >= 0.3 is 6.09 Å². The van der Waals surface area contributed by atoms with Gasteiger partial charge < -0.3 is 14.5 Å². The molecule has 1 aromatic carbocycles. The molecule has 27 heavy (non-hydrogen) atoms. The summed E-state index contributed by atoms with van der Waals surface area (Å²) in [4.78, 5) is 20.4. The Bertz CT molecular complexity index is 725. The van der Waals surface area contributed by atoms with Crippen LogP contribution in [-0.2, 0) is 24.2 Å². The summed E-state index contributed by atoms with van der Waals surface area (Å²) in [5.74, 6) is 4.98. The number of ether oxygens (including phenoxy) is 1. The number of hydrogen-bond donors (Lipinski definition) is 2. The van der Waals surface area contributed by atoms with Gasteiger partial charge in [-0.1, -0.05) is 24.3 Å². The average molecular weight is 369 g/mol. The Morgan fingerprint density at radius 3 is 2.41 bits per heavy atom. The first-order valence-electron chi connectivity index (χ1n) is 9.23. The number of carbonyl (C=O) groups is 1. The van der Waals surface area contributed by atoms with Crippen LogP contribution in [0.25, 0.3) is 0 Å². The third-order valence-electron chi connectivity index (χ3n) is 4.86. The van der Waals surface area contributed by atoms with Crippen LogP contribution in [0.2, 0.25) is 0 Å². The second-order valence-electron chi connectivity index (χ2n) is 6.84. The van der Waals surface area contributed by atoms with E-state index in [1.54, 1.807) is 0 Å². The number of carbonyl (C=O) groups excluding carboxylic acids is 1. The smallest absolute Gasteiger partial charge is 0.421 e. The molecule has 1 aliphatic heterocycles. The highest BCUT2D eigenvalue weighted by Crippen LogP contribution is 2.16. The Kier molecular flexibility index (Phi) is 6.62. The number of pyridine rings is 1. The highest BCUT2D eigenvalue weighted by atomic mass is 16.5. The summed E-state index contributed by atoms with van der Waals surface area (Å²) in [6, 6.07) is 12.3. The van der Waals surface area contributed by atoms with Crippen molar-refractivity contribution in [2.24, 2.45) is 5.84 Å². The zero-order valence-corrected chi connectivity index (χ0v) is 15.7. The number of aryl methyl sites for hydroxylation is 2. The quantitative estimate of drug-likeness (QED) is 0.458. The molecule has 7 nitrogen and oxygen atoms in total. The van der Waals surface area contributed by atoms with Crippen molar-refractivity contribution in [3.63, 3.8) is 0 Å². The van der Waals surface area contributed by atoms with Crippen molar-refractivity contribution in [2.45, 2.75) is 19.4 Å². The third kappa shape index (κ3) is 5.67. The minimum atomic E-state index is -0.634. The second kappa shape index (κ2) is 9.34. The summed E-state index contributed by atoms with van der Waals surface area (Å²) < 4.78 is 4.92. The summed E-state index contributed by atoms with van der Waals surface area (Å²) in [6.07, 6.45) is 3.17. The predicted molar refractivity (Wildman–Crippen MR) is 105 cm³/mol. The number of anilines is 1. The Morgan fingerprint density at radius 1 is 1.07 bits per heavy atom. The number of piperazine rings is 1. The van der Waals surface area contributed by atoms with Crippen LogP contribution in [0.3, 0.4) is 0 Å². The molecule has 144 valence electrons. The molecular formula is C20H27N5O2. The summed E-state index contributed by atoms with van der Waals surface area (Å²) in [5, 5.41) is 0. The maximum Gasteiger partial charge on any atom is 0.421 e. The number of nitrogens with one attached hydrogen (secondary N) is 1. The number of hydrazine groups is 1. The zero-order valence-electron chi connectivity index (χ0n) is 15.7. The molecule has 0 spiro atoms. The lowest BCUT2D eigenvalue weighted by molar-refractivity contribution is 0.140. The van der Waals surface area contributed by atoms with Crippen LogP contribution in [0.15, 0.2) is 42.6 Å². The zero-order chi connectivity index (χ0) is 19.1. The van der Waals surface area contributed by atoms with Crippen molar-refractivity contribution in [3.8, 4) is 0 Å². The maximum atomic E-state index is 11.0. The number of hydrogen-bond acceptors (Lipinski definition) is 6. The highest BCUT2D eigenvalue weighted by Gasteiger charge is 2.14. The molecule has 0 atom stereocenters. The minimum absolute atomic E-state index is 0.207.